The number of hydrogen-bond donors (Lipinski definition) is 0. The summed E-state index contributed by atoms with van der Waals surface area (Å²) in [5, 5.41) is 0.0867. The standard InChI is InChI=1S/C13H11Cl.C8H9Cl/c14-13(11-7-3-1-4-8-11)12-9-5-2-6-10-12;1-7(9)8-5-3-2-4-6-8/h1-10,13H;2-7H,1H3. The molecule has 2 heteroatoms. The number of benzene rings is 3. The Morgan fingerprint density at radius 2 is 0.826 bits per heavy atom. The lowest BCUT2D eigenvalue weighted by atomic mass is 10.0. The molecule has 3 rings (SSSR count). The fourth-order valence-electron chi connectivity index (χ4n) is 2.15. The lowest BCUT2D eigenvalue weighted by molar-refractivity contribution is 1.08. The smallest absolute Gasteiger partial charge is 0.0835 e. The maximum Gasteiger partial charge on any atom is 0.0835 e. The molecule has 0 saturated carbocycles. The molecule has 0 heterocycles. The molecule has 0 aliphatic heterocycles. The zero-order valence-corrected chi connectivity index (χ0v) is 14.6. The highest BCUT2D eigenvalue weighted by Crippen LogP contribution is 2.27. The van der Waals surface area contributed by atoms with Crippen molar-refractivity contribution < 1.29 is 0 Å². The van der Waals surface area contributed by atoms with Crippen molar-refractivity contribution in [1.82, 2.24) is 0 Å². The van der Waals surface area contributed by atoms with Gasteiger partial charge in [0.25, 0.3) is 0 Å². The van der Waals surface area contributed by atoms with Crippen LogP contribution in [0.3, 0.4) is 0 Å². The number of hydrogen-bond acceptors (Lipinski definition) is 0. The van der Waals surface area contributed by atoms with Gasteiger partial charge in [0.2, 0.25) is 0 Å². The van der Waals surface area contributed by atoms with E-state index in [9.17, 15) is 0 Å². The zero-order chi connectivity index (χ0) is 16.5. The average Bonchev–Trinajstić information content (AvgIpc) is 2.64. The maximum absolute atomic E-state index is 6.33. The van der Waals surface area contributed by atoms with E-state index in [-0.39, 0.29) is 10.8 Å². The van der Waals surface area contributed by atoms with E-state index in [0.717, 1.165) is 11.1 Å². The van der Waals surface area contributed by atoms with Crippen molar-refractivity contribution in [3.63, 3.8) is 0 Å². The molecule has 0 bridgehead atoms. The second-order valence-corrected chi connectivity index (χ2v) is 6.30. The Kier molecular flexibility index (Phi) is 7.19. The van der Waals surface area contributed by atoms with Crippen molar-refractivity contribution >= 4 is 23.2 Å². The molecule has 0 aliphatic rings. The second kappa shape index (κ2) is 9.39. The Balaban J connectivity index is 0.000000185. The Morgan fingerprint density at radius 3 is 1.09 bits per heavy atom. The summed E-state index contributed by atoms with van der Waals surface area (Å²) in [5.41, 5.74) is 3.46. The predicted molar refractivity (Wildman–Crippen MR) is 101 cm³/mol. The van der Waals surface area contributed by atoms with Crippen LogP contribution in [0.5, 0.6) is 0 Å². The molecule has 0 radical (unpaired) electrons. The quantitative estimate of drug-likeness (QED) is 0.449. The van der Waals surface area contributed by atoms with Gasteiger partial charge in [-0.05, 0) is 23.6 Å². The Labute approximate surface area is 148 Å². The average molecular weight is 343 g/mol. The van der Waals surface area contributed by atoms with E-state index in [1.54, 1.807) is 0 Å². The van der Waals surface area contributed by atoms with Gasteiger partial charge in [0.05, 0.1) is 10.8 Å². The largest absolute Gasteiger partial charge is 0.118 e. The van der Waals surface area contributed by atoms with E-state index in [2.05, 4.69) is 0 Å². The summed E-state index contributed by atoms with van der Waals surface area (Å²) < 4.78 is 0. The third kappa shape index (κ3) is 5.74. The van der Waals surface area contributed by atoms with E-state index in [0.29, 0.717) is 0 Å². The van der Waals surface area contributed by atoms with Gasteiger partial charge >= 0.3 is 0 Å². The lowest BCUT2D eigenvalue weighted by Gasteiger charge is -2.09. The SMILES string of the molecule is CC(Cl)c1ccccc1.ClC(c1ccccc1)c1ccccc1. The third-order valence-corrected chi connectivity index (χ3v) is 4.20. The highest BCUT2D eigenvalue weighted by Gasteiger charge is 2.08. The van der Waals surface area contributed by atoms with E-state index in [4.69, 9.17) is 23.2 Å². The molecule has 3 aromatic rings. The minimum atomic E-state index is -0.0441. The van der Waals surface area contributed by atoms with Crippen LogP contribution in [-0.2, 0) is 0 Å². The summed E-state index contributed by atoms with van der Waals surface area (Å²) in [6.07, 6.45) is 0. The topological polar surface area (TPSA) is 0 Å². The van der Waals surface area contributed by atoms with Crippen molar-refractivity contribution in [2.24, 2.45) is 0 Å². The first-order valence-corrected chi connectivity index (χ1v) is 8.48. The van der Waals surface area contributed by atoms with Gasteiger partial charge < -0.3 is 0 Å². The molecule has 1 unspecified atom stereocenters. The van der Waals surface area contributed by atoms with Crippen LogP contribution in [0, 0.1) is 0 Å². The van der Waals surface area contributed by atoms with Crippen LogP contribution in [0.15, 0.2) is 91.0 Å². The Hall–Kier alpha value is -1.76. The van der Waals surface area contributed by atoms with Crippen molar-refractivity contribution in [3.8, 4) is 0 Å². The number of halogens is 2. The van der Waals surface area contributed by atoms with E-state index >= 15 is 0 Å². The molecule has 0 nitrogen and oxygen atoms in total. The molecule has 3 aromatic carbocycles. The summed E-state index contributed by atoms with van der Waals surface area (Å²) in [4.78, 5) is 0. The molecule has 0 spiro atoms. The fourth-order valence-corrected chi connectivity index (χ4v) is 2.59. The van der Waals surface area contributed by atoms with Crippen molar-refractivity contribution in [2.75, 3.05) is 0 Å². The molecule has 0 amide bonds. The van der Waals surface area contributed by atoms with Crippen LogP contribution in [0.2, 0.25) is 0 Å². The van der Waals surface area contributed by atoms with E-state index < -0.39 is 0 Å². The summed E-state index contributed by atoms with van der Waals surface area (Å²) in [5.74, 6) is 0. The molecule has 0 saturated heterocycles. The van der Waals surface area contributed by atoms with E-state index in [1.807, 2.05) is 97.9 Å². The first kappa shape index (κ1) is 17.6. The highest BCUT2D eigenvalue weighted by atomic mass is 35.5. The molecule has 0 aliphatic carbocycles. The second-order valence-electron chi connectivity index (χ2n) is 5.21. The van der Waals surface area contributed by atoms with Crippen LogP contribution < -0.4 is 0 Å². The molecular formula is C21H20Cl2. The van der Waals surface area contributed by atoms with E-state index in [1.165, 1.54) is 5.56 Å². The number of alkyl halides is 2. The summed E-state index contributed by atoms with van der Waals surface area (Å²) >= 11 is 12.1. The van der Waals surface area contributed by atoms with Crippen LogP contribution in [0.25, 0.3) is 0 Å². The van der Waals surface area contributed by atoms with Gasteiger partial charge in [-0.1, -0.05) is 91.0 Å². The zero-order valence-electron chi connectivity index (χ0n) is 13.1. The van der Waals surface area contributed by atoms with Gasteiger partial charge in [0.15, 0.2) is 0 Å². The molecule has 118 valence electrons. The first-order chi connectivity index (χ1) is 11.2. The minimum absolute atomic E-state index is 0.0441. The maximum atomic E-state index is 6.33. The summed E-state index contributed by atoms with van der Waals surface area (Å²) in [7, 11) is 0. The Morgan fingerprint density at radius 1 is 0.522 bits per heavy atom. The highest BCUT2D eigenvalue weighted by molar-refractivity contribution is 6.22. The molecule has 1 atom stereocenters. The van der Waals surface area contributed by atoms with Gasteiger partial charge in [-0.3, -0.25) is 0 Å². The van der Waals surface area contributed by atoms with Crippen LogP contribution in [0.4, 0.5) is 0 Å². The van der Waals surface area contributed by atoms with Gasteiger partial charge in [-0.25, -0.2) is 0 Å². The Bertz CT molecular complexity index is 624. The van der Waals surface area contributed by atoms with Crippen molar-refractivity contribution in [1.29, 1.82) is 0 Å². The normalized spacial score (nSPS) is 11.5. The van der Waals surface area contributed by atoms with Crippen LogP contribution >= 0.6 is 23.2 Å². The van der Waals surface area contributed by atoms with Gasteiger partial charge in [0.1, 0.15) is 0 Å². The summed E-state index contributed by atoms with van der Waals surface area (Å²) in [6, 6.07) is 30.2. The fraction of sp³-hybridized carbons (Fsp3) is 0.143. The molecule has 0 aromatic heterocycles. The molecule has 0 fully saturated rings. The van der Waals surface area contributed by atoms with Crippen LogP contribution in [-0.4, -0.2) is 0 Å². The van der Waals surface area contributed by atoms with Gasteiger partial charge in [-0.15, -0.1) is 23.2 Å². The summed E-state index contributed by atoms with van der Waals surface area (Å²) in [6.45, 7) is 1.97. The van der Waals surface area contributed by atoms with Gasteiger partial charge in [-0.2, -0.15) is 0 Å². The minimum Gasteiger partial charge on any atom is -0.118 e. The lowest BCUT2D eigenvalue weighted by Crippen LogP contribution is -1.91. The van der Waals surface area contributed by atoms with Crippen LogP contribution in [0.1, 0.15) is 34.4 Å². The predicted octanol–water partition coefficient (Wildman–Crippen LogP) is 7.00. The molecule has 23 heavy (non-hydrogen) atoms. The number of rotatable bonds is 3. The van der Waals surface area contributed by atoms with Gasteiger partial charge in [0, 0.05) is 0 Å². The van der Waals surface area contributed by atoms with Crippen molar-refractivity contribution in [3.05, 3.63) is 108 Å². The monoisotopic (exact) mass is 342 g/mol. The third-order valence-electron chi connectivity index (χ3n) is 3.44. The van der Waals surface area contributed by atoms with Crippen molar-refractivity contribution in [2.45, 2.75) is 17.7 Å². The molecular weight excluding hydrogens is 323 g/mol. The first-order valence-electron chi connectivity index (χ1n) is 7.61. The molecule has 0 N–H and O–H groups in total.